The van der Waals surface area contributed by atoms with E-state index in [1.807, 2.05) is 6.21 Å². The summed E-state index contributed by atoms with van der Waals surface area (Å²) in [5.74, 6) is 0. The second kappa shape index (κ2) is 16.3. The highest BCUT2D eigenvalue weighted by Gasteiger charge is 2.04. The number of hydrogen-bond donors (Lipinski definition) is 1. The number of unbranched alkanes of at least 4 members (excludes halogenated alkanes) is 15. The Bertz CT molecular complexity index is 258. The minimum atomic E-state index is 0.971. The first kappa shape index (κ1) is 20.5. The Morgan fingerprint density at radius 3 is 1.52 bits per heavy atom. The summed E-state index contributed by atoms with van der Waals surface area (Å²) in [7, 11) is 0. The topological polar surface area (TPSA) is 27.6 Å². The van der Waals surface area contributed by atoms with Crippen molar-refractivity contribution in [1.82, 2.24) is 10.5 Å². The molecule has 3 nitrogen and oxygen atoms in total. The summed E-state index contributed by atoms with van der Waals surface area (Å²) in [5, 5.41) is 6.19. The van der Waals surface area contributed by atoms with E-state index in [-0.39, 0.29) is 0 Å². The maximum Gasteiger partial charge on any atom is 0.0566 e. The van der Waals surface area contributed by atoms with Crippen LogP contribution in [-0.2, 0) is 0 Å². The van der Waals surface area contributed by atoms with Crippen LogP contribution in [0.15, 0.2) is 5.10 Å². The fourth-order valence-corrected chi connectivity index (χ4v) is 3.29. The van der Waals surface area contributed by atoms with Gasteiger partial charge < -0.3 is 0 Å². The Morgan fingerprint density at radius 1 is 0.696 bits per heavy atom. The molecule has 1 aliphatic rings. The smallest absolute Gasteiger partial charge is 0.0566 e. The van der Waals surface area contributed by atoms with Crippen molar-refractivity contribution in [3.05, 3.63) is 0 Å². The lowest BCUT2D eigenvalue weighted by Crippen LogP contribution is -2.31. The number of hydrogen-bond acceptors (Lipinski definition) is 3. The summed E-state index contributed by atoms with van der Waals surface area (Å²) in [6.45, 7) is 4.40. The molecule has 0 amide bonds. The number of nitrogens with one attached hydrogen (secondary N) is 1. The SMILES string of the molecule is CCCCCCCCCCCCCCCCCCN1CC=NN1. The van der Waals surface area contributed by atoms with Crippen molar-refractivity contribution in [3.8, 4) is 0 Å². The van der Waals surface area contributed by atoms with Crippen LogP contribution in [-0.4, -0.2) is 24.3 Å². The fraction of sp³-hybridized carbons (Fsp3) is 0.950. The molecule has 1 aliphatic heterocycles. The van der Waals surface area contributed by atoms with Gasteiger partial charge in [0.05, 0.1) is 6.54 Å². The zero-order valence-electron chi connectivity index (χ0n) is 15.7. The van der Waals surface area contributed by atoms with Crippen molar-refractivity contribution in [2.75, 3.05) is 13.1 Å². The normalized spacial score (nSPS) is 14.5. The van der Waals surface area contributed by atoms with Gasteiger partial charge in [0, 0.05) is 12.8 Å². The molecule has 0 aliphatic carbocycles. The second-order valence-corrected chi connectivity index (χ2v) is 7.16. The number of hydrazine groups is 1. The van der Waals surface area contributed by atoms with E-state index in [0.717, 1.165) is 13.1 Å². The molecule has 0 aromatic heterocycles. The quantitative estimate of drug-likeness (QED) is 0.330. The molecule has 0 unspecified atom stereocenters. The van der Waals surface area contributed by atoms with Crippen LogP contribution in [0.1, 0.15) is 110 Å². The minimum absolute atomic E-state index is 0.971. The Labute approximate surface area is 145 Å². The number of rotatable bonds is 17. The van der Waals surface area contributed by atoms with E-state index in [0.29, 0.717) is 0 Å². The van der Waals surface area contributed by atoms with Gasteiger partial charge in [-0.05, 0) is 6.42 Å². The van der Waals surface area contributed by atoms with E-state index in [1.54, 1.807) is 0 Å². The van der Waals surface area contributed by atoms with E-state index in [2.05, 4.69) is 22.6 Å². The lowest BCUT2D eigenvalue weighted by Gasteiger charge is -2.13. The van der Waals surface area contributed by atoms with Crippen LogP contribution < -0.4 is 5.53 Å². The van der Waals surface area contributed by atoms with Gasteiger partial charge in [0.25, 0.3) is 0 Å². The van der Waals surface area contributed by atoms with E-state index in [9.17, 15) is 0 Å². The standard InChI is InChI=1S/C20H41N3/c1-2-3-4-5-6-7-8-9-10-11-12-13-14-15-16-17-19-23-20-18-21-22-23/h18,22H,2-17,19-20H2,1H3. The van der Waals surface area contributed by atoms with Crippen molar-refractivity contribution in [3.63, 3.8) is 0 Å². The third kappa shape index (κ3) is 13.6. The molecule has 0 bridgehead atoms. The third-order valence-electron chi connectivity index (χ3n) is 4.87. The van der Waals surface area contributed by atoms with Gasteiger partial charge >= 0.3 is 0 Å². The molecule has 0 saturated heterocycles. The van der Waals surface area contributed by atoms with Crippen LogP contribution in [0, 0.1) is 0 Å². The largest absolute Gasteiger partial charge is 0.240 e. The first-order valence-electron chi connectivity index (χ1n) is 10.5. The van der Waals surface area contributed by atoms with Gasteiger partial charge in [-0.2, -0.15) is 5.10 Å². The van der Waals surface area contributed by atoms with Crippen LogP contribution in [0.4, 0.5) is 0 Å². The summed E-state index contributed by atoms with van der Waals surface area (Å²) >= 11 is 0. The van der Waals surface area contributed by atoms with Gasteiger partial charge in [-0.15, -0.1) is 0 Å². The number of hydrazone groups is 1. The molecular formula is C20H41N3. The summed E-state index contributed by atoms with van der Waals surface area (Å²) < 4.78 is 0. The van der Waals surface area contributed by atoms with Gasteiger partial charge in [0.1, 0.15) is 0 Å². The van der Waals surface area contributed by atoms with Crippen molar-refractivity contribution in [1.29, 1.82) is 0 Å². The molecule has 0 radical (unpaired) electrons. The van der Waals surface area contributed by atoms with E-state index in [4.69, 9.17) is 0 Å². The van der Waals surface area contributed by atoms with Crippen LogP contribution in [0.5, 0.6) is 0 Å². The Hall–Kier alpha value is -0.570. The zero-order chi connectivity index (χ0) is 16.4. The molecule has 0 atom stereocenters. The maximum absolute atomic E-state index is 4.01. The zero-order valence-corrected chi connectivity index (χ0v) is 15.7. The molecule has 3 heteroatoms. The monoisotopic (exact) mass is 323 g/mol. The molecule has 0 aromatic rings. The summed E-state index contributed by atoms with van der Waals surface area (Å²) in [6, 6.07) is 0. The molecular weight excluding hydrogens is 282 g/mol. The van der Waals surface area contributed by atoms with E-state index in [1.165, 1.54) is 103 Å². The van der Waals surface area contributed by atoms with Gasteiger partial charge in [0.15, 0.2) is 0 Å². The van der Waals surface area contributed by atoms with E-state index >= 15 is 0 Å². The highest BCUT2D eigenvalue weighted by Crippen LogP contribution is 2.13. The number of nitrogens with zero attached hydrogens (tertiary/aromatic N) is 2. The van der Waals surface area contributed by atoms with Crippen LogP contribution in [0.25, 0.3) is 0 Å². The summed E-state index contributed by atoms with van der Waals surface area (Å²) in [4.78, 5) is 0. The predicted molar refractivity (Wildman–Crippen MR) is 103 cm³/mol. The summed E-state index contributed by atoms with van der Waals surface area (Å²) in [5.41, 5.74) is 3.01. The van der Waals surface area contributed by atoms with Crippen LogP contribution >= 0.6 is 0 Å². The summed E-state index contributed by atoms with van der Waals surface area (Å²) in [6.07, 6.45) is 24.9. The maximum atomic E-state index is 4.01. The molecule has 0 saturated carbocycles. The molecule has 0 fully saturated rings. The molecule has 1 heterocycles. The third-order valence-corrected chi connectivity index (χ3v) is 4.87. The lowest BCUT2D eigenvalue weighted by atomic mass is 10.0. The molecule has 1 rings (SSSR count). The Balaban J connectivity index is 1.64. The van der Waals surface area contributed by atoms with Gasteiger partial charge in [-0.3, -0.25) is 0 Å². The predicted octanol–water partition coefficient (Wildman–Crippen LogP) is 6.05. The molecule has 0 spiro atoms. The van der Waals surface area contributed by atoms with E-state index < -0.39 is 0 Å². The average Bonchev–Trinajstić information content (AvgIpc) is 3.08. The van der Waals surface area contributed by atoms with Crippen LogP contribution in [0.3, 0.4) is 0 Å². The fourth-order valence-electron chi connectivity index (χ4n) is 3.29. The highest BCUT2D eigenvalue weighted by molar-refractivity contribution is 5.60. The molecule has 23 heavy (non-hydrogen) atoms. The molecule has 1 N–H and O–H groups in total. The highest BCUT2D eigenvalue weighted by atomic mass is 15.7. The first-order chi connectivity index (χ1) is 11.4. The van der Waals surface area contributed by atoms with Crippen molar-refractivity contribution in [2.24, 2.45) is 5.10 Å². The first-order valence-corrected chi connectivity index (χ1v) is 10.5. The van der Waals surface area contributed by atoms with Gasteiger partial charge in [-0.25, -0.2) is 10.5 Å². The molecule has 0 aromatic carbocycles. The second-order valence-electron chi connectivity index (χ2n) is 7.16. The van der Waals surface area contributed by atoms with Crippen molar-refractivity contribution < 1.29 is 0 Å². The van der Waals surface area contributed by atoms with Crippen molar-refractivity contribution in [2.45, 2.75) is 110 Å². The van der Waals surface area contributed by atoms with Crippen LogP contribution in [0.2, 0.25) is 0 Å². The Kier molecular flexibility index (Phi) is 14.5. The Morgan fingerprint density at radius 2 is 1.13 bits per heavy atom. The van der Waals surface area contributed by atoms with Gasteiger partial charge in [0.2, 0.25) is 0 Å². The average molecular weight is 324 g/mol. The molecule has 136 valence electrons. The minimum Gasteiger partial charge on any atom is -0.240 e. The van der Waals surface area contributed by atoms with Gasteiger partial charge in [-0.1, -0.05) is 103 Å². The van der Waals surface area contributed by atoms with Crippen molar-refractivity contribution >= 4 is 6.21 Å². The lowest BCUT2D eigenvalue weighted by molar-refractivity contribution is 0.237.